The fourth-order valence-electron chi connectivity index (χ4n) is 3.17. The average Bonchev–Trinajstić information content (AvgIpc) is 2.77. The maximum atomic E-state index is 11.5. The molecule has 1 fully saturated rings. The van der Waals surface area contributed by atoms with Crippen molar-refractivity contribution in [2.24, 2.45) is 0 Å². The smallest absolute Gasteiger partial charge is 0.151 e. The van der Waals surface area contributed by atoms with Gasteiger partial charge in [0.2, 0.25) is 0 Å². The molecule has 126 valence electrons. The van der Waals surface area contributed by atoms with E-state index in [1.165, 1.54) is 0 Å². The average molecular weight is 320 g/mol. The van der Waals surface area contributed by atoms with E-state index in [1.807, 2.05) is 7.05 Å². The van der Waals surface area contributed by atoms with Gasteiger partial charge in [0, 0.05) is 17.6 Å². The lowest BCUT2D eigenvalue weighted by atomic mass is 9.90. The van der Waals surface area contributed by atoms with E-state index >= 15 is 0 Å². The molecule has 1 saturated heterocycles. The molecule has 0 bridgehead atoms. The zero-order chi connectivity index (χ0) is 16.1. The number of hydrogen-bond donors (Lipinski definition) is 2. The topological polar surface area (TPSA) is 69.6 Å². The molecule has 21 heavy (non-hydrogen) atoms. The van der Waals surface area contributed by atoms with Crippen LogP contribution in [0.2, 0.25) is 0 Å². The molecule has 1 heterocycles. The predicted octanol–water partition coefficient (Wildman–Crippen LogP) is 1.02. The van der Waals surface area contributed by atoms with Crippen molar-refractivity contribution in [3.63, 3.8) is 0 Å². The summed E-state index contributed by atoms with van der Waals surface area (Å²) in [6, 6.07) is 0.507. The van der Waals surface area contributed by atoms with Crippen LogP contribution in [0.1, 0.15) is 46.5 Å². The van der Waals surface area contributed by atoms with Gasteiger partial charge in [0.25, 0.3) is 0 Å². The molecule has 0 aromatic rings. The molecular formula is C15H32N2O3S. The van der Waals surface area contributed by atoms with E-state index < -0.39 is 9.84 Å². The Morgan fingerprint density at radius 2 is 2.10 bits per heavy atom. The van der Waals surface area contributed by atoms with Gasteiger partial charge in [-0.1, -0.05) is 20.8 Å². The molecule has 1 aliphatic heterocycles. The minimum Gasteiger partial charge on any atom is -0.394 e. The molecule has 0 saturated carbocycles. The highest BCUT2D eigenvalue weighted by Crippen LogP contribution is 2.20. The molecule has 1 aliphatic rings. The summed E-state index contributed by atoms with van der Waals surface area (Å²) in [4.78, 5) is 2.16. The van der Waals surface area contributed by atoms with E-state index in [9.17, 15) is 13.5 Å². The Morgan fingerprint density at radius 1 is 1.43 bits per heavy atom. The molecule has 0 amide bonds. The molecule has 0 aromatic heterocycles. The first-order valence-electron chi connectivity index (χ1n) is 8.03. The van der Waals surface area contributed by atoms with Crippen LogP contribution in [-0.4, -0.2) is 67.8 Å². The molecule has 5 nitrogen and oxygen atoms in total. The van der Waals surface area contributed by atoms with Gasteiger partial charge in [0.15, 0.2) is 9.84 Å². The van der Waals surface area contributed by atoms with E-state index in [0.29, 0.717) is 17.5 Å². The van der Waals surface area contributed by atoms with Gasteiger partial charge in [-0.2, -0.15) is 0 Å². The standard InChI is InChI=1S/C15H32N2O3S/c1-5-15(12-18,16-13(2)3)8-6-9-17(4)14-7-10-21(19,20)11-14/h13-14,16,18H,5-12H2,1-4H3. The van der Waals surface area contributed by atoms with Gasteiger partial charge in [0.1, 0.15) is 0 Å². The van der Waals surface area contributed by atoms with Gasteiger partial charge in [-0.3, -0.25) is 0 Å². The summed E-state index contributed by atoms with van der Waals surface area (Å²) in [6.07, 6.45) is 3.51. The van der Waals surface area contributed by atoms with Crippen molar-refractivity contribution in [1.82, 2.24) is 10.2 Å². The fourth-order valence-corrected chi connectivity index (χ4v) is 4.98. The van der Waals surface area contributed by atoms with Crippen LogP contribution in [0.4, 0.5) is 0 Å². The third-order valence-corrected chi connectivity index (χ3v) is 6.32. The second-order valence-electron chi connectivity index (χ2n) is 6.73. The molecule has 0 aromatic carbocycles. The lowest BCUT2D eigenvalue weighted by molar-refractivity contribution is 0.129. The summed E-state index contributed by atoms with van der Waals surface area (Å²) in [7, 11) is -0.805. The minimum atomic E-state index is -2.81. The molecular weight excluding hydrogens is 288 g/mol. The SMILES string of the molecule is CCC(CO)(CCCN(C)C1CCS(=O)(=O)C1)NC(C)C. The van der Waals surface area contributed by atoms with E-state index in [-0.39, 0.29) is 18.2 Å². The van der Waals surface area contributed by atoms with Crippen molar-refractivity contribution >= 4 is 9.84 Å². The summed E-state index contributed by atoms with van der Waals surface area (Å²) in [5.74, 6) is 0.624. The lowest BCUT2D eigenvalue weighted by Gasteiger charge is -2.35. The number of aliphatic hydroxyl groups excluding tert-OH is 1. The Morgan fingerprint density at radius 3 is 2.52 bits per heavy atom. The van der Waals surface area contributed by atoms with Gasteiger partial charge in [0.05, 0.1) is 18.1 Å². The number of hydrogen-bond acceptors (Lipinski definition) is 5. The van der Waals surface area contributed by atoms with Crippen LogP contribution in [0.25, 0.3) is 0 Å². The van der Waals surface area contributed by atoms with Gasteiger partial charge in [-0.15, -0.1) is 0 Å². The molecule has 0 spiro atoms. The Balaban J connectivity index is 2.43. The molecule has 2 N–H and O–H groups in total. The Bertz CT molecular complexity index is 405. The zero-order valence-corrected chi connectivity index (χ0v) is 14.7. The van der Waals surface area contributed by atoms with Crippen LogP contribution in [0.3, 0.4) is 0 Å². The second kappa shape index (κ2) is 7.90. The van der Waals surface area contributed by atoms with Crippen molar-refractivity contribution in [3.05, 3.63) is 0 Å². The van der Waals surface area contributed by atoms with E-state index in [0.717, 1.165) is 32.2 Å². The minimum absolute atomic E-state index is 0.142. The molecule has 0 aliphatic carbocycles. The fraction of sp³-hybridized carbons (Fsp3) is 1.00. The van der Waals surface area contributed by atoms with Crippen LogP contribution in [-0.2, 0) is 9.84 Å². The summed E-state index contributed by atoms with van der Waals surface area (Å²) in [5.41, 5.74) is -0.212. The van der Waals surface area contributed by atoms with Crippen molar-refractivity contribution in [3.8, 4) is 0 Å². The maximum Gasteiger partial charge on any atom is 0.151 e. The monoisotopic (exact) mass is 320 g/mol. The summed E-state index contributed by atoms with van der Waals surface area (Å²) in [6.45, 7) is 7.30. The Kier molecular flexibility index (Phi) is 7.10. The van der Waals surface area contributed by atoms with Crippen LogP contribution >= 0.6 is 0 Å². The number of nitrogens with zero attached hydrogens (tertiary/aromatic N) is 1. The van der Waals surface area contributed by atoms with Crippen LogP contribution in [0.5, 0.6) is 0 Å². The van der Waals surface area contributed by atoms with Gasteiger partial charge < -0.3 is 15.3 Å². The maximum absolute atomic E-state index is 11.5. The summed E-state index contributed by atoms with van der Waals surface area (Å²) < 4.78 is 23.0. The number of rotatable bonds is 9. The van der Waals surface area contributed by atoms with E-state index in [2.05, 4.69) is 31.0 Å². The first-order chi connectivity index (χ1) is 9.73. The number of sulfone groups is 1. The first-order valence-corrected chi connectivity index (χ1v) is 9.85. The third-order valence-electron chi connectivity index (χ3n) is 4.57. The summed E-state index contributed by atoms with van der Waals surface area (Å²) in [5, 5.41) is 13.2. The quantitative estimate of drug-likeness (QED) is 0.664. The van der Waals surface area contributed by atoms with Gasteiger partial charge in [-0.05, 0) is 39.3 Å². The van der Waals surface area contributed by atoms with E-state index in [1.54, 1.807) is 0 Å². The normalized spacial score (nSPS) is 24.6. The van der Waals surface area contributed by atoms with Crippen molar-refractivity contribution in [1.29, 1.82) is 0 Å². The Hall–Kier alpha value is -0.170. The second-order valence-corrected chi connectivity index (χ2v) is 8.96. The van der Waals surface area contributed by atoms with Crippen molar-refractivity contribution < 1.29 is 13.5 Å². The van der Waals surface area contributed by atoms with Crippen molar-refractivity contribution in [2.45, 2.75) is 64.1 Å². The molecule has 6 heteroatoms. The first kappa shape index (κ1) is 18.9. The number of nitrogens with one attached hydrogen (secondary N) is 1. The highest BCUT2D eigenvalue weighted by atomic mass is 32.2. The number of aliphatic hydroxyl groups is 1. The summed E-state index contributed by atoms with van der Waals surface area (Å²) >= 11 is 0. The van der Waals surface area contributed by atoms with Crippen LogP contribution in [0, 0.1) is 0 Å². The third kappa shape index (κ3) is 5.85. The molecule has 2 unspecified atom stereocenters. The predicted molar refractivity (Wildman–Crippen MR) is 87.3 cm³/mol. The molecule has 0 radical (unpaired) electrons. The van der Waals surface area contributed by atoms with Gasteiger partial charge >= 0.3 is 0 Å². The van der Waals surface area contributed by atoms with E-state index in [4.69, 9.17) is 0 Å². The highest BCUT2D eigenvalue weighted by Gasteiger charge is 2.31. The van der Waals surface area contributed by atoms with Crippen LogP contribution < -0.4 is 5.32 Å². The Labute approximate surface area is 130 Å². The van der Waals surface area contributed by atoms with Crippen LogP contribution in [0.15, 0.2) is 0 Å². The van der Waals surface area contributed by atoms with Crippen molar-refractivity contribution in [2.75, 3.05) is 31.7 Å². The highest BCUT2D eigenvalue weighted by molar-refractivity contribution is 7.91. The largest absolute Gasteiger partial charge is 0.394 e. The lowest BCUT2D eigenvalue weighted by Crippen LogP contribution is -2.51. The zero-order valence-electron chi connectivity index (χ0n) is 13.9. The van der Waals surface area contributed by atoms with Gasteiger partial charge in [-0.25, -0.2) is 8.42 Å². The molecule has 1 rings (SSSR count). The molecule has 2 atom stereocenters.